The third kappa shape index (κ3) is 1.92. The Hall–Kier alpha value is -1.15. The lowest BCUT2D eigenvalue weighted by Crippen LogP contribution is -1.97. The molecule has 0 aliphatic heterocycles. The number of nitrogen functional groups attached to an aromatic ring is 1. The maximum absolute atomic E-state index is 5.76. The molecule has 0 saturated heterocycles. The molecule has 0 radical (unpaired) electrons. The number of nitrogens with two attached hydrogens (primary N) is 1. The first-order chi connectivity index (χ1) is 5.75. The maximum atomic E-state index is 5.76. The summed E-state index contributed by atoms with van der Waals surface area (Å²) >= 11 is 5.76. The molecule has 3 heteroatoms. The van der Waals surface area contributed by atoms with Gasteiger partial charge in [0.1, 0.15) is 12.4 Å². The summed E-state index contributed by atoms with van der Waals surface area (Å²) in [5.74, 6) is 0.599. The van der Waals surface area contributed by atoms with Crippen molar-refractivity contribution in [3.8, 4) is 5.75 Å². The number of rotatable bonds is 3. The summed E-state index contributed by atoms with van der Waals surface area (Å²) in [7, 11) is 0. The Kier molecular flexibility index (Phi) is 3.00. The minimum Gasteiger partial charge on any atom is -0.487 e. The summed E-state index contributed by atoms with van der Waals surface area (Å²) in [4.78, 5) is 0. The molecule has 64 valence electrons. The number of hydrogen-bond acceptors (Lipinski definition) is 2. The van der Waals surface area contributed by atoms with Crippen LogP contribution in [0.4, 0.5) is 5.69 Å². The van der Waals surface area contributed by atoms with E-state index in [0.717, 1.165) is 0 Å². The molecule has 2 N–H and O–H groups in total. The fourth-order valence-electron chi connectivity index (χ4n) is 0.792. The molecule has 0 bridgehead atoms. The SMILES string of the molecule is C=CCOc1cccc(Cl)c1N. The summed E-state index contributed by atoms with van der Waals surface area (Å²) in [5, 5.41) is 0.511. The van der Waals surface area contributed by atoms with Crippen molar-refractivity contribution < 1.29 is 4.74 Å². The van der Waals surface area contributed by atoms with Crippen molar-refractivity contribution >= 4 is 17.3 Å². The van der Waals surface area contributed by atoms with Crippen molar-refractivity contribution in [3.05, 3.63) is 35.9 Å². The molecule has 1 aromatic carbocycles. The van der Waals surface area contributed by atoms with Crippen molar-refractivity contribution in [2.75, 3.05) is 12.3 Å². The van der Waals surface area contributed by atoms with Gasteiger partial charge in [-0.15, -0.1) is 0 Å². The van der Waals surface area contributed by atoms with Gasteiger partial charge in [-0.1, -0.05) is 30.3 Å². The van der Waals surface area contributed by atoms with E-state index in [9.17, 15) is 0 Å². The average molecular weight is 184 g/mol. The first kappa shape index (κ1) is 8.94. The van der Waals surface area contributed by atoms with Gasteiger partial charge in [-0.05, 0) is 12.1 Å². The highest BCUT2D eigenvalue weighted by atomic mass is 35.5. The second-order valence-corrected chi connectivity index (χ2v) is 2.66. The van der Waals surface area contributed by atoms with Crippen LogP contribution in [-0.4, -0.2) is 6.61 Å². The number of ether oxygens (including phenoxy) is 1. The summed E-state index contributed by atoms with van der Waals surface area (Å²) < 4.78 is 5.24. The van der Waals surface area contributed by atoms with Crippen molar-refractivity contribution in [1.82, 2.24) is 0 Å². The third-order valence-electron chi connectivity index (χ3n) is 1.37. The molecule has 0 atom stereocenters. The standard InChI is InChI=1S/C9H10ClNO/c1-2-6-12-8-5-3-4-7(10)9(8)11/h2-5H,1,6,11H2. The zero-order chi connectivity index (χ0) is 8.97. The van der Waals surface area contributed by atoms with E-state index in [1.165, 1.54) is 0 Å². The van der Waals surface area contributed by atoms with Crippen LogP contribution in [-0.2, 0) is 0 Å². The van der Waals surface area contributed by atoms with Crippen LogP contribution in [0.1, 0.15) is 0 Å². The van der Waals surface area contributed by atoms with Crippen LogP contribution >= 0.6 is 11.6 Å². The molecule has 0 aliphatic rings. The first-order valence-corrected chi connectivity index (χ1v) is 3.91. The van der Waals surface area contributed by atoms with E-state index in [-0.39, 0.29) is 0 Å². The van der Waals surface area contributed by atoms with Crippen molar-refractivity contribution in [3.63, 3.8) is 0 Å². The molecule has 12 heavy (non-hydrogen) atoms. The fourth-order valence-corrected chi connectivity index (χ4v) is 0.958. The number of halogens is 1. The highest BCUT2D eigenvalue weighted by Crippen LogP contribution is 2.28. The monoisotopic (exact) mass is 183 g/mol. The van der Waals surface area contributed by atoms with Gasteiger partial charge in [-0.25, -0.2) is 0 Å². The Morgan fingerprint density at radius 2 is 2.33 bits per heavy atom. The van der Waals surface area contributed by atoms with Gasteiger partial charge >= 0.3 is 0 Å². The zero-order valence-corrected chi connectivity index (χ0v) is 7.34. The summed E-state index contributed by atoms with van der Waals surface area (Å²) in [6.45, 7) is 3.96. The molecule has 1 aromatic rings. The molecule has 0 aliphatic carbocycles. The normalized spacial score (nSPS) is 9.42. The Bertz CT molecular complexity index is 286. The van der Waals surface area contributed by atoms with Gasteiger partial charge in [0.15, 0.2) is 0 Å². The molecule has 0 amide bonds. The van der Waals surface area contributed by atoms with Crippen LogP contribution in [0.5, 0.6) is 5.75 Å². The van der Waals surface area contributed by atoms with Gasteiger partial charge in [0.2, 0.25) is 0 Å². The highest BCUT2D eigenvalue weighted by Gasteiger charge is 2.01. The van der Waals surface area contributed by atoms with E-state index in [0.29, 0.717) is 23.1 Å². The summed E-state index contributed by atoms with van der Waals surface area (Å²) in [6.07, 6.45) is 1.65. The van der Waals surface area contributed by atoms with Crippen LogP contribution < -0.4 is 10.5 Å². The second-order valence-electron chi connectivity index (χ2n) is 2.25. The van der Waals surface area contributed by atoms with Crippen LogP contribution in [0.25, 0.3) is 0 Å². The smallest absolute Gasteiger partial charge is 0.144 e. The molecule has 0 saturated carbocycles. The number of para-hydroxylation sites is 1. The average Bonchev–Trinajstić information content (AvgIpc) is 2.08. The van der Waals surface area contributed by atoms with Crippen LogP contribution in [0, 0.1) is 0 Å². The quantitative estimate of drug-likeness (QED) is 0.577. The van der Waals surface area contributed by atoms with Gasteiger partial charge in [-0.2, -0.15) is 0 Å². The molecule has 0 spiro atoms. The number of hydrogen-bond donors (Lipinski definition) is 1. The molecule has 0 aromatic heterocycles. The maximum Gasteiger partial charge on any atom is 0.144 e. The third-order valence-corrected chi connectivity index (χ3v) is 1.70. The second kappa shape index (κ2) is 4.02. The number of benzene rings is 1. The summed E-state index contributed by atoms with van der Waals surface area (Å²) in [6, 6.07) is 5.28. The highest BCUT2D eigenvalue weighted by molar-refractivity contribution is 6.33. The first-order valence-electron chi connectivity index (χ1n) is 3.53. The van der Waals surface area contributed by atoms with Crippen molar-refractivity contribution in [2.24, 2.45) is 0 Å². The van der Waals surface area contributed by atoms with Gasteiger partial charge in [0, 0.05) is 0 Å². The van der Waals surface area contributed by atoms with Crippen LogP contribution in [0.15, 0.2) is 30.9 Å². The molecule has 0 unspecified atom stereocenters. The molecule has 2 nitrogen and oxygen atoms in total. The minimum atomic E-state index is 0.435. The Morgan fingerprint density at radius 3 is 3.00 bits per heavy atom. The number of anilines is 1. The molecular weight excluding hydrogens is 174 g/mol. The predicted molar refractivity (Wildman–Crippen MR) is 51.6 cm³/mol. The van der Waals surface area contributed by atoms with E-state index in [1.807, 2.05) is 0 Å². The lowest BCUT2D eigenvalue weighted by atomic mass is 10.3. The summed E-state index contributed by atoms with van der Waals surface area (Å²) in [5.41, 5.74) is 6.11. The minimum absolute atomic E-state index is 0.435. The van der Waals surface area contributed by atoms with E-state index in [2.05, 4.69) is 6.58 Å². The van der Waals surface area contributed by atoms with Gasteiger partial charge < -0.3 is 10.5 Å². The van der Waals surface area contributed by atoms with Crippen molar-refractivity contribution in [2.45, 2.75) is 0 Å². The van der Waals surface area contributed by atoms with Gasteiger partial charge in [0.05, 0.1) is 10.7 Å². The largest absolute Gasteiger partial charge is 0.487 e. The topological polar surface area (TPSA) is 35.2 Å². The van der Waals surface area contributed by atoms with E-state index in [4.69, 9.17) is 22.1 Å². The predicted octanol–water partition coefficient (Wildman–Crippen LogP) is 2.49. The van der Waals surface area contributed by atoms with Crippen molar-refractivity contribution in [1.29, 1.82) is 0 Å². The van der Waals surface area contributed by atoms with Gasteiger partial charge in [0.25, 0.3) is 0 Å². The van der Waals surface area contributed by atoms with Crippen LogP contribution in [0.3, 0.4) is 0 Å². The zero-order valence-electron chi connectivity index (χ0n) is 6.59. The lowest BCUT2D eigenvalue weighted by Gasteiger charge is -2.06. The molecular formula is C9H10ClNO. The Morgan fingerprint density at radius 1 is 1.58 bits per heavy atom. The van der Waals surface area contributed by atoms with E-state index in [1.54, 1.807) is 24.3 Å². The lowest BCUT2D eigenvalue weighted by molar-refractivity contribution is 0.365. The molecule has 0 fully saturated rings. The Balaban J connectivity index is 2.84. The van der Waals surface area contributed by atoms with E-state index < -0.39 is 0 Å². The Labute approximate surface area is 76.6 Å². The van der Waals surface area contributed by atoms with E-state index >= 15 is 0 Å². The fraction of sp³-hybridized carbons (Fsp3) is 0.111. The molecule has 1 rings (SSSR count). The molecule has 0 heterocycles. The van der Waals surface area contributed by atoms with Crippen LogP contribution in [0.2, 0.25) is 5.02 Å². The van der Waals surface area contributed by atoms with Gasteiger partial charge in [-0.3, -0.25) is 0 Å².